The van der Waals surface area contributed by atoms with Gasteiger partial charge < -0.3 is 4.74 Å². The van der Waals surface area contributed by atoms with Gasteiger partial charge in [-0.1, -0.05) is 35.9 Å². The molecule has 0 spiro atoms. The lowest BCUT2D eigenvalue weighted by Crippen LogP contribution is -2.36. The predicted octanol–water partition coefficient (Wildman–Crippen LogP) is 3.58. The number of benzene rings is 2. The van der Waals surface area contributed by atoms with Crippen LogP contribution >= 0.6 is 0 Å². The number of sulfonamides is 1. The average Bonchev–Trinajstić information content (AvgIpc) is 2.76. The number of anilines is 1. The summed E-state index contributed by atoms with van der Waals surface area (Å²) in [6, 6.07) is 12.6. The fourth-order valence-electron chi connectivity index (χ4n) is 2.82. The van der Waals surface area contributed by atoms with Gasteiger partial charge in [-0.05, 0) is 37.6 Å². The maximum atomic E-state index is 13.2. The van der Waals surface area contributed by atoms with E-state index in [2.05, 4.69) is 6.58 Å². The second kappa shape index (κ2) is 6.42. The standard InChI is InChI=1S/C19H21NO3S/c1-4-16-12-20(19-7-5-6-15(3)18(19)13-23-16)24(21,22)17-10-8-14(2)9-11-17/h4-11,16H,1,12-13H2,2-3H3/t16-/m0/s1. The van der Waals surface area contributed by atoms with Crippen molar-refractivity contribution in [2.75, 3.05) is 10.8 Å². The van der Waals surface area contributed by atoms with Crippen molar-refractivity contribution < 1.29 is 13.2 Å². The highest BCUT2D eigenvalue weighted by Crippen LogP contribution is 2.32. The van der Waals surface area contributed by atoms with Gasteiger partial charge in [-0.15, -0.1) is 6.58 Å². The summed E-state index contributed by atoms with van der Waals surface area (Å²) in [6.07, 6.45) is 1.30. The van der Waals surface area contributed by atoms with E-state index in [0.717, 1.165) is 16.7 Å². The lowest BCUT2D eigenvalue weighted by Gasteiger charge is -2.26. The average molecular weight is 343 g/mol. The third kappa shape index (κ3) is 2.97. The van der Waals surface area contributed by atoms with Crippen LogP contribution in [-0.4, -0.2) is 21.1 Å². The molecule has 0 radical (unpaired) electrons. The fourth-order valence-corrected chi connectivity index (χ4v) is 4.33. The summed E-state index contributed by atoms with van der Waals surface area (Å²) < 4.78 is 33.7. The molecule has 1 aliphatic heterocycles. The molecular formula is C19H21NO3S. The molecule has 2 aromatic rings. The molecule has 0 unspecified atom stereocenters. The van der Waals surface area contributed by atoms with Crippen LogP contribution in [0.25, 0.3) is 0 Å². The Bertz CT molecular complexity index is 857. The quantitative estimate of drug-likeness (QED) is 0.800. The third-order valence-electron chi connectivity index (χ3n) is 4.31. The molecule has 1 atom stereocenters. The van der Waals surface area contributed by atoms with Crippen LogP contribution in [0.3, 0.4) is 0 Å². The van der Waals surface area contributed by atoms with Crippen LogP contribution in [0.1, 0.15) is 16.7 Å². The van der Waals surface area contributed by atoms with Crippen LogP contribution in [0.2, 0.25) is 0 Å². The number of rotatable bonds is 3. The minimum Gasteiger partial charge on any atom is -0.367 e. The zero-order chi connectivity index (χ0) is 17.3. The van der Waals surface area contributed by atoms with Crippen molar-refractivity contribution >= 4 is 15.7 Å². The van der Waals surface area contributed by atoms with E-state index in [-0.39, 0.29) is 17.5 Å². The van der Waals surface area contributed by atoms with Gasteiger partial charge in [0, 0.05) is 5.56 Å². The van der Waals surface area contributed by atoms with E-state index in [1.54, 1.807) is 18.2 Å². The molecule has 0 saturated carbocycles. The van der Waals surface area contributed by atoms with Gasteiger partial charge in [0.05, 0.1) is 29.8 Å². The van der Waals surface area contributed by atoms with Gasteiger partial charge in [-0.2, -0.15) is 0 Å². The highest BCUT2D eigenvalue weighted by Gasteiger charge is 2.31. The molecule has 4 nitrogen and oxygen atoms in total. The van der Waals surface area contributed by atoms with Gasteiger partial charge in [0.15, 0.2) is 0 Å². The first-order valence-electron chi connectivity index (χ1n) is 7.85. The van der Waals surface area contributed by atoms with Crippen molar-refractivity contribution in [1.29, 1.82) is 0 Å². The van der Waals surface area contributed by atoms with E-state index in [1.807, 2.05) is 44.2 Å². The Hall–Kier alpha value is -2.11. The van der Waals surface area contributed by atoms with E-state index >= 15 is 0 Å². The van der Waals surface area contributed by atoms with Crippen LogP contribution < -0.4 is 4.31 Å². The second-order valence-electron chi connectivity index (χ2n) is 6.01. The maximum absolute atomic E-state index is 13.2. The summed E-state index contributed by atoms with van der Waals surface area (Å²) in [7, 11) is -3.67. The van der Waals surface area contributed by atoms with Crippen molar-refractivity contribution in [2.45, 2.75) is 31.5 Å². The first-order chi connectivity index (χ1) is 11.4. The highest BCUT2D eigenvalue weighted by molar-refractivity contribution is 7.92. The molecule has 3 rings (SSSR count). The molecule has 0 aromatic heterocycles. The molecule has 0 aliphatic carbocycles. The zero-order valence-electron chi connectivity index (χ0n) is 13.9. The molecule has 0 N–H and O–H groups in total. The Kier molecular flexibility index (Phi) is 4.47. The van der Waals surface area contributed by atoms with Crippen molar-refractivity contribution in [3.63, 3.8) is 0 Å². The summed E-state index contributed by atoms with van der Waals surface area (Å²) in [5.41, 5.74) is 3.62. The van der Waals surface area contributed by atoms with Crippen LogP contribution in [0.15, 0.2) is 60.0 Å². The van der Waals surface area contributed by atoms with Crippen LogP contribution in [0, 0.1) is 13.8 Å². The van der Waals surface area contributed by atoms with Crippen molar-refractivity contribution in [3.8, 4) is 0 Å². The number of fused-ring (bicyclic) bond motifs is 1. The smallest absolute Gasteiger partial charge is 0.264 e. The van der Waals surface area contributed by atoms with E-state index in [4.69, 9.17) is 4.74 Å². The number of nitrogens with zero attached hydrogens (tertiary/aromatic N) is 1. The number of hydrogen-bond acceptors (Lipinski definition) is 3. The Morgan fingerprint density at radius 2 is 1.88 bits per heavy atom. The first-order valence-corrected chi connectivity index (χ1v) is 9.29. The molecule has 1 heterocycles. The molecule has 1 aliphatic rings. The molecule has 126 valence electrons. The van der Waals surface area contributed by atoms with Crippen molar-refractivity contribution in [1.82, 2.24) is 0 Å². The van der Waals surface area contributed by atoms with E-state index < -0.39 is 10.0 Å². The second-order valence-corrected chi connectivity index (χ2v) is 7.87. The number of ether oxygens (including phenoxy) is 1. The highest BCUT2D eigenvalue weighted by atomic mass is 32.2. The largest absolute Gasteiger partial charge is 0.367 e. The number of aryl methyl sites for hydroxylation is 2. The first kappa shape index (κ1) is 16.7. The van der Waals surface area contributed by atoms with Crippen LogP contribution in [-0.2, 0) is 21.4 Å². The molecule has 24 heavy (non-hydrogen) atoms. The summed E-state index contributed by atoms with van der Waals surface area (Å²) in [6.45, 7) is 8.26. The van der Waals surface area contributed by atoms with Crippen molar-refractivity contribution in [3.05, 3.63) is 71.8 Å². The van der Waals surface area contributed by atoms with Gasteiger partial charge in [0.25, 0.3) is 10.0 Å². The number of hydrogen-bond donors (Lipinski definition) is 0. The molecule has 0 saturated heterocycles. The third-order valence-corrected chi connectivity index (χ3v) is 6.11. The SMILES string of the molecule is C=C[C@H]1CN(S(=O)(=O)c2ccc(C)cc2)c2cccc(C)c2CO1. The molecule has 0 fully saturated rings. The zero-order valence-corrected chi connectivity index (χ0v) is 14.7. The molecule has 0 amide bonds. The van der Waals surface area contributed by atoms with Gasteiger partial charge in [-0.3, -0.25) is 4.31 Å². The molecule has 2 aromatic carbocycles. The molecule has 0 bridgehead atoms. The maximum Gasteiger partial charge on any atom is 0.264 e. The van der Waals surface area contributed by atoms with Crippen LogP contribution in [0.5, 0.6) is 0 Å². The fraction of sp³-hybridized carbons (Fsp3) is 0.263. The predicted molar refractivity (Wildman–Crippen MR) is 95.7 cm³/mol. The summed E-state index contributed by atoms with van der Waals surface area (Å²) in [5, 5.41) is 0. The lowest BCUT2D eigenvalue weighted by molar-refractivity contribution is 0.0827. The Morgan fingerprint density at radius 1 is 1.17 bits per heavy atom. The van der Waals surface area contributed by atoms with E-state index in [0.29, 0.717) is 12.3 Å². The Morgan fingerprint density at radius 3 is 2.54 bits per heavy atom. The minimum absolute atomic E-state index is 0.218. The molecular weight excluding hydrogens is 322 g/mol. The van der Waals surface area contributed by atoms with Gasteiger partial charge >= 0.3 is 0 Å². The Labute approximate surface area is 143 Å². The Balaban J connectivity index is 2.15. The summed E-state index contributed by atoms with van der Waals surface area (Å²) in [5.74, 6) is 0. The van der Waals surface area contributed by atoms with E-state index in [9.17, 15) is 8.42 Å². The van der Waals surface area contributed by atoms with Crippen LogP contribution in [0.4, 0.5) is 5.69 Å². The lowest BCUT2D eigenvalue weighted by atomic mass is 10.1. The minimum atomic E-state index is -3.67. The topological polar surface area (TPSA) is 46.6 Å². The van der Waals surface area contributed by atoms with E-state index in [1.165, 1.54) is 4.31 Å². The normalized spacial score (nSPS) is 17.9. The van der Waals surface area contributed by atoms with Gasteiger partial charge in [0.1, 0.15) is 0 Å². The summed E-state index contributed by atoms with van der Waals surface area (Å²) >= 11 is 0. The van der Waals surface area contributed by atoms with Gasteiger partial charge in [-0.25, -0.2) is 8.42 Å². The monoisotopic (exact) mass is 343 g/mol. The van der Waals surface area contributed by atoms with Gasteiger partial charge in [0.2, 0.25) is 0 Å². The molecule has 5 heteroatoms. The summed E-state index contributed by atoms with van der Waals surface area (Å²) in [4.78, 5) is 0.283. The van der Waals surface area contributed by atoms with Crippen molar-refractivity contribution in [2.24, 2.45) is 0 Å².